The first kappa shape index (κ1) is 26.3. The molecule has 2 heterocycles. The Balaban J connectivity index is 1.29. The van der Waals surface area contributed by atoms with Crippen LogP contribution in [-0.2, 0) is 16.4 Å². The van der Waals surface area contributed by atoms with Crippen LogP contribution in [0.4, 0.5) is 11.5 Å². The van der Waals surface area contributed by atoms with Crippen LogP contribution < -0.4 is 20.1 Å². The van der Waals surface area contributed by atoms with Crippen molar-refractivity contribution in [3.8, 4) is 11.6 Å². The Morgan fingerprint density at radius 3 is 2.49 bits per heavy atom. The van der Waals surface area contributed by atoms with Crippen LogP contribution in [0.15, 0.2) is 73.2 Å². The number of ether oxygens (including phenoxy) is 2. The molecule has 0 bridgehead atoms. The topological polar surface area (TPSA) is 115 Å². The van der Waals surface area contributed by atoms with Gasteiger partial charge in [-0.25, -0.2) is 23.4 Å². The number of aromatic nitrogens is 3. The van der Waals surface area contributed by atoms with Crippen molar-refractivity contribution in [1.82, 2.24) is 20.3 Å². The maximum Gasteiger partial charge on any atom is 0.214 e. The maximum atomic E-state index is 11.1. The van der Waals surface area contributed by atoms with E-state index in [1.54, 1.807) is 6.20 Å². The van der Waals surface area contributed by atoms with Crippen LogP contribution in [0.1, 0.15) is 18.4 Å². The molecule has 4 aromatic rings. The van der Waals surface area contributed by atoms with Crippen molar-refractivity contribution in [2.75, 3.05) is 37.0 Å². The van der Waals surface area contributed by atoms with Crippen LogP contribution in [0.2, 0.25) is 0 Å². The highest BCUT2D eigenvalue weighted by atomic mass is 32.2. The third-order valence-corrected chi connectivity index (χ3v) is 6.46. The highest BCUT2D eigenvalue weighted by Crippen LogP contribution is 2.26. The monoisotopic (exact) mass is 521 g/mol. The highest BCUT2D eigenvalue weighted by molar-refractivity contribution is 7.90. The smallest absolute Gasteiger partial charge is 0.214 e. The number of sulfone groups is 1. The summed E-state index contributed by atoms with van der Waals surface area (Å²) < 4.78 is 34.0. The van der Waals surface area contributed by atoms with Crippen LogP contribution in [0.3, 0.4) is 0 Å². The van der Waals surface area contributed by atoms with Crippen molar-refractivity contribution in [1.29, 1.82) is 0 Å². The molecule has 2 aromatic carbocycles. The lowest BCUT2D eigenvalue weighted by Crippen LogP contribution is -2.23. The second kappa shape index (κ2) is 13.0. The molecule has 0 saturated carbocycles. The minimum atomic E-state index is -2.93. The van der Waals surface area contributed by atoms with Crippen molar-refractivity contribution in [3.05, 3.63) is 78.8 Å². The van der Waals surface area contributed by atoms with Gasteiger partial charge in [0.1, 0.15) is 34.3 Å². The molecule has 0 radical (unpaired) electrons. The molecular formula is C27H31N5O4S. The van der Waals surface area contributed by atoms with Gasteiger partial charge in [-0.1, -0.05) is 30.3 Å². The summed E-state index contributed by atoms with van der Waals surface area (Å²) >= 11 is 0. The number of rotatable bonds is 14. The lowest BCUT2D eigenvalue weighted by molar-refractivity contribution is 0.295. The number of pyridine rings is 1. The minimum Gasteiger partial charge on any atom is -0.489 e. The summed E-state index contributed by atoms with van der Waals surface area (Å²) in [6.45, 7) is 2.22. The van der Waals surface area contributed by atoms with Gasteiger partial charge in [0.05, 0.1) is 24.1 Å². The predicted molar refractivity (Wildman–Crippen MR) is 145 cm³/mol. The number of nitrogens with one attached hydrogen (secondary N) is 2. The fraction of sp³-hybridized carbons (Fsp3) is 0.296. The van der Waals surface area contributed by atoms with Gasteiger partial charge in [0, 0.05) is 29.9 Å². The zero-order valence-electron chi connectivity index (χ0n) is 20.8. The second-order valence-electron chi connectivity index (χ2n) is 8.62. The zero-order valence-corrected chi connectivity index (χ0v) is 21.6. The van der Waals surface area contributed by atoms with E-state index in [2.05, 4.69) is 25.6 Å². The Hall–Kier alpha value is -3.76. The predicted octanol–water partition coefficient (Wildman–Crippen LogP) is 4.14. The van der Waals surface area contributed by atoms with E-state index < -0.39 is 9.84 Å². The summed E-state index contributed by atoms with van der Waals surface area (Å²) in [5.41, 5.74) is 2.70. The maximum absolute atomic E-state index is 11.1. The van der Waals surface area contributed by atoms with Gasteiger partial charge in [-0.2, -0.15) is 0 Å². The van der Waals surface area contributed by atoms with Crippen molar-refractivity contribution < 1.29 is 17.9 Å². The Morgan fingerprint density at radius 2 is 1.70 bits per heavy atom. The average molecular weight is 522 g/mol. The number of fused-ring (bicyclic) bond motifs is 1. The molecule has 10 heteroatoms. The third kappa shape index (κ3) is 8.69. The number of nitrogens with zero attached hydrogens (tertiary/aromatic N) is 3. The first-order chi connectivity index (χ1) is 18.0. The summed E-state index contributed by atoms with van der Waals surface area (Å²) in [6, 6.07) is 19.6. The van der Waals surface area contributed by atoms with Crippen LogP contribution in [0, 0.1) is 0 Å². The second-order valence-corrected chi connectivity index (χ2v) is 10.9. The lowest BCUT2D eigenvalue weighted by Gasteiger charge is -2.11. The van der Waals surface area contributed by atoms with Crippen molar-refractivity contribution >= 4 is 32.2 Å². The zero-order chi connectivity index (χ0) is 25.9. The first-order valence-corrected chi connectivity index (χ1v) is 14.2. The standard InChI is InChI=1S/C27H31N5O4S/c1-37(33,34)16-14-28-13-5-6-15-35-26-17-24-25(18-29-26)30-20-31-27(24)32-22-9-11-23(12-10-22)36-19-21-7-3-2-4-8-21/h2-4,7-12,17-18,20,28H,5-6,13-16,19H2,1H3,(H,30,31,32). The molecule has 0 fully saturated rings. The molecule has 0 saturated heterocycles. The Morgan fingerprint density at radius 1 is 0.892 bits per heavy atom. The Bertz CT molecular complexity index is 1380. The van der Waals surface area contributed by atoms with E-state index in [1.807, 2.05) is 60.7 Å². The first-order valence-electron chi connectivity index (χ1n) is 12.1. The fourth-order valence-corrected chi connectivity index (χ4v) is 4.06. The fourth-order valence-electron chi connectivity index (χ4n) is 3.54. The molecule has 0 atom stereocenters. The van der Waals surface area contributed by atoms with Gasteiger partial charge in [0.2, 0.25) is 5.88 Å². The number of hydrogen-bond acceptors (Lipinski definition) is 9. The quantitative estimate of drug-likeness (QED) is 0.236. The molecule has 2 aromatic heterocycles. The third-order valence-electron chi connectivity index (χ3n) is 5.51. The molecule has 4 rings (SSSR count). The largest absolute Gasteiger partial charge is 0.489 e. The van der Waals surface area contributed by atoms with Crippen molar-refractivity contribution in [3.63, 3.8) is 0 Å². The molecule has 0 aliphatic heterocycles. The van der Waals surface area contributed by atoms with E-state index >= 15 is 0 Å². The average Bonchev–Trinajstić information content (AvgIpc) is 2.90. The lowest BCUT2D eigenvalue weighted by atomic mass is 10.2. The molecule has 2 N–H and O–H groups in total. The van der Waals surface area contributed by atoms with E-state index in [0.717, 1.165) is 41.8 Å². The summed E-state index contributed by atoms with van der Waals surface area (Å²) in [4.78, 5) is 13.1. The summed E-state index contributed by atoms with van der Waals surface area (Å²) in [6.07, 6.45) is 6.11. The van der Waals surface area contributed by atoms with Gasteiger partial charge in [-0.15, -0.1) is 0 Å². The van der Waals surface area contributed by atoms with E-state index in [4.69, 9.17) is 9.47 Å². The SMILES string of the molecule is CS(=O)(=O)CCNCCCCOc1cc2c(Nc3ccc(OCc4ccccc4)cc3)ncnc2cn1. The van der Waals surface area contributed by atoms with Crippen LogP contribution in [0.5, 0.6) is 11.6 Å². The van der Waals surface area contributed by atoms with Crippen molar-refractivity contribution in [2.24, 2.45) is 0 Å². The molecule has 0 aliphatic rings. The van der Waals surface area contributed by atoms with E-state index in [1.165, 1.54) is 12.6 Å². The van der Waals surface area contributed by atoms with E-state index in [9.17, 15) is 8.42 Å². The van der Waals surface area contributed by atoms with Gasteiger partial charge in [0.25, 0.3) is 0 Å². The van der Waals surface area contributed by atoms with E-state index in [-0.39, 0.29) is 5.75 Å². The molecular weight excluding hydrogens is 490 g/mol. The van der Waals surface area contributed by atoms with E-state index in [0.29, 0.717) is 37.0 Å². The summed E-state index contributed by atoms with van der Waals surface area (Å²) in [7, 11) is -2.93. The minimum absolute atomic E-state index is 0.148. The molecule has 9 nitrogen and oxygen atoms in total. The van der Waals surface area contributed by atoms with Crippen LogP contribution in [-0.4, -0.2) is 55.1 Å². The Kier molecular flexibility index (Phi) is 9.23. The van der Waals surface area contributed by atoms with Crippen LogP contribution >= 0.6 is 0 Å². The molecule has 0 amide bonds. The normalized spacial score (nSPS) is 11.4. The Labute approximate surface area is 217 Å². The number of benzene rings is 2. The van der Waals surface area contributed by atoms with Gasteiger partial charge >= 0.3 is 0 Å². The molecule has 0 aliphatic carbocycles. The molecule has 0 spiro atoms. The number of anilines is 2. The molecule has 194 valence electrons. The summed E-state index contributed by atoms with van der Waals surface area (Å²) in [5.74, 6) is 2.09. The molecule has 0 unspecified atom stereocenters. The summed E-state index contributed by atoms with van der Waals surface area (Å²) in [5, 5.41) is 7.28. The molecule has 37 heavy (non-hydrogen) atoms. The van der Waals surface area contributed by atoms with Gasteiger partial charge in [-0.05, 0) is 49.2 Å². The number of unbranched alkanes of at least 4 members (excludes halogenated alkanes) is 1. The number of hydrogen-bond donors (Lipinski definition) is 2. The van der Waals surface area contributed by atoms with Crippen LogP contribution in [0.25, 0.3) is 10.9 Å². The van der Waals surface area contributed by atoms with Gasteiger partial charge in [0.15, 0.2) is 0 Å². The van der Waals surface area contributed by atoms with Crippen molar-refractivity contribution in [2.45, 2.75) is 19.4 Å². The van der Waals surface area contributed by atoms with Gasteiger partial charge < -0.3 is 20.1 Å². The van der Waals surface area contributed by atoms with Gasteiger partial charge in [-0.3, -0.25) is 0 Å². The highest BCUT2D eigenvalue weighted by Gasteiger charge is 2.08.